The Morgan fingerprint density at radius 2 is 2.23 bits per heavy atom. The molecule has 1 aromatic rings. The zero-order valence-corrected chi connectivity index (χ0v) is 8.36. The van der Waals surface area contributed by atoms with Crippen LogP contribution in [0.25, 0.3) is 0 Å². The van der Waals surface area contributed by atoms with E-state index in [4.69, 9.17) is 0 Å². The smallest absolute Gasteiger partial charge is 0.125 e. The van der Waals surface area contributed by atoms with Crippen LogP contribution in [0.15, 0.2) is 12.3 Å². The first kappa shape index (κ1) is 10.1. The number of rotatable bonds is 3. The van der Waals surface area contributed by atoms with Crippen LogP contribution < -0.4 is 0 Å². The van der Waals surface area contributed by atoms with Crippen molar-refractivity contribution in [1.82, 2.24) is 9.97 Å². The van der Waals surface area contributed by atoms with Crippen LogP contribution in [-0.4, -0.2) is 21.2 Å². The summed E-state index contributed by atoms with van der Waals surface area (Å²) in [7, 11) is 0. The molecule has 0 spiro atoms. The first-order valence-electron chi connectivity index (χ1n) is 4.62. The molecule has 2 atom stereocenters. The molecule has 0 amide bonds. The molecular formula is C10H16N2O. The predicted molar refractivity (Wildman–Crippen MR) is 51.5 cm³/mol. The zero-order valence-electron chi connectivity index (χ0n) is 8.36. The maximum atomic E-state index is 9.61. The molecular weight excluding hydrogens is 164 g/mol. The highest BCUT2D eigenvalue weighted by atomic mass is 16.3. The van der Waals surface area contributed by atoms with E-state index in [1.807, 2.05) is 26.8 Å². The minimum atomic E-state index is -0.311. The first-order valence-corrected chi connectivity index (χ1v) is 4.62. The standard InChI is InChI=1S/C10H16N2O/c1-4-10(13)7(2)9-5-6-11-8(3)12-9/h5-7,10,13H,4H2,1-3H3. The van der Waals surface area contributed by atoms with E-state index in [9.17, 15) is 5.11 Å². The van der Waals surface area contributed by atoms with E-state index < -0.39 is 0 Å². The van der Waals surface area contributed by atoms with E-state index in [0.717, 1.165) is 17.9 Å². The Morgan fingerprint density at radius 1 is 1.54 bits per heavy atom. The predicted octanol–water partition coefficient (Wildman–Crippen LogP) is 1.66. The maximum Gasteiger partial charge on any atom is 0.125 e. The fraction of sp³-hybridized carbons (Fsp3) is 0.600. The van der Waals surface area contributed by atoms with Gasteiger partial charge >= 0.3 is 0 Å². The summed E-state index contributed by atoms with van der Waals surface area (Å²) in [5.74, 6) is 0.847. The van der Waals surface area contributed by atoms with Gasteiger partial charge in [0.15, 0.2) is 0 Å². The average Bonchev–Trinajstić information content (AvgIpc) is 2.15. The summed E-state index contributed by atoms with van der Waals surface area (Å²) in [6, 6.07) is 1.86. The maximum absolute atomic E-state index is 9.61. The molecule has 1 aromatic heterocycles. The van der Waals surface area contributed by atoms with Crippen molar-refractivity contribution in [2.75, 3.05) is 0 Å². The van der Waals surface area contributed by atoms with Crippen molar-refractivity contribution in [2.45, 2.75) is 39.2 Å². The van der Waals surface area contributed by atoms with E-state index >= 15 is 0 Å². The second-order valence-corrected chi connectivity index (χ2v) is 3.29. The quantitative estimate of drug-likeness (QED) is 0.769. The molecule has 0 bridgehead atoms. The second kappa shape index (κ2) is 4.33. The van der Waals surface area contributed by atoms with Crippen LogP contribution in [0.1, 0.15) is 37.7 Å². The molecule has 0 radical (unpaired) electrons. The highest BCUT2D eigenvalue weighted by Crippen LogP contribution is 2.18. The van der Waals surface area contributed by atoms with Gasteiger partial charge in [-0.05, 0) is 19.4 Å². The largest absolute Gasteiger partial charge is 0.392 e. The van der Waals surface area contributed by atoms with Crippen molar-refractivity contribution in [3.05, 3.63) is 23.8 Å². The van der Waals surface area contributed by atoms with Crippen molar-refractivity contribution < 1.29 is 5.11 Å². The first-order chi connectivity index (χ1) is 6.15. The summed E-state index contributed by atoms with van der Waals surface area (Å²) >= 11 is 0. The third-order valence-corrected chi connectivity index (χ3v) is 2.26. The van der Waals surface area contributed by atoms with Crippen LogP contribution in [0, 0.1) is 6.92 Å². The Balaban J connectivity index is 2.82. The lowest BCUT2D eigenvalue weighted by molar-refractivity contribution is 0.143. The number of aromatic nitrogens is 2. The van der Waals surface area contributed by atoms with Crippen LogP contribution in [0.4, 0.5) is 0 Å². The molecule has 0 saturated heterocycles. The molecule has 1 heterocycles. The van der Waals surface area contributed by atoms with Gasteiger partial charge in [0.05, 0.1) is 6.10 Å². The number of hydrogen-bond acceptors (Lipinski definition) is 3. The van der Waals surface area contributed by atoms with Gasteiger partial charge in [0.25, 0.3) is 0 Å². The highest BCUT2D eigenvalue weighted by molar-refractivity contribution is 5.08. The van der Waals surface area contributed by atoms with Crippen molar-refractivity contribution >= 4 is 0 Å². The van der Waals surface area contributed by atoms with Gasteiger partial charge in [-0.15, -0.1) is 0 Å². The monoisotopic (exact) mass is 180 g/mol. The lowest BCUT2D eigenvalue weighted by atomic mass is 9.99. The van der Waals surface area contributed by atoms with Crippen LogP contribution in [0.5, 0.6) is 0 Å². The Bertz CT molecular complexity index is 275. The summed E-state index contributed by atoms with van der Waals surface area (Å²) in [6.45, 7) is 5.81. The van der Waals surface area contributed by atoms with E-state index in [0.29, 0.717) is 0 Å². The molecule has 0 aliphatic heterocycles. The van der Waals surface area contributed by atoms with Crippen molar-refractivity contribution in [2.24, 2.45) is 0 Å². The average molecular weight is 180 g/mol. The van der Waals surface area contributed by atoms with Gasteiger partial charge in [0.2, 0.25) is 0 Å². The normalized spacial score (nSPS) is 15.4. The Morgan fingerprint density at radius 3 is 2.77 bits per heavy atom. The Labute approximate surface area is 78.9 Å². The molecule has 3 heteroatoms. The number of aliphatic hydroxyl groups excluding tert-OH is 1. The molecule has 0 aliphatic carbocycles. The third kappa shape index (κ3) is 2.49. The number of nitrogens with zero attached hydrogens (tertiary/aromatic N) is 2. The summed E-state index contributed by atoms with van der Waals surface area (Å²) in [5, 5.41) is 9.61. The number of aryl methyl sites for hydroxylation is 1. The van der Waals surface area contributed by atoms with Gasteiger partial charge in [-0.2, -0.15) is 0 Å². The van der Waals surface area contributed by atoms with E-state index in [1.165, 1.54) is 0 Å². The topological polar surface area (TPSA) is 46.0 Å². The molecule has 72 valence electrons. The Kier molecular flexibility index (Phi) is 3.37. The van der Waals surface area contributed by atoms with Gasteiger partial charge in [-0.25, -0.2) is 9.97 Å². The second-order valence-electron chi connectivity index (χ2n) is 3.29. The van der Waals surface area contributed by atoms with Gasteiger partial charge in [-0.3, -0.25) is 0 Å². The summed E-state index contributed by atoms with van der Waals surface area (Å²) < 4.78 is 0. The summed E-state index contributed by atoms with van der Waals surface area (Å²) in [4.78, 5) is 8.29. The summed E-state index contributed by atoms with van der Waals surface area (Å²) in [6.07, 6.45) is 2.18. The molecule has 13 heavy (non-hydrogen) atoms. The number of hydrogen-bond donors (Lipinski definition) is 1. The highest BCUT2D eigenvalue weighted by Gasteiger charge is 2.15. The molecule has 0 fully saturated rings. The lowest BCUT2D eigenvalue weighted by Gasteiger charge is -2.16. The lowest BCUT2D eigenvalue weighted by Crippen LogP contribution is -2.16. The summed E-state index contributed by atoms with van der Waals surface area (Å²) in [5.41, 5.74) is 0.918. The van der Waals surface area contributed by atoms with Crippen LogP contribution in [-0.2, 0) is 0 Å². The van der Waals surface area contributed by atoms with Crippen LogP contribution in [0.3, 0.4) is 0 Å². The molecule has 1 rings (SSSR count). The molecule has 0 aromatic carbocycles. The van der Waals surface area contributed by atoms with Crippen LogP contribution >= 0.6 is 0 Å². The molecule has 1 N–H and O–H groups in total. The van der Waals surface area contributed by atoms with Crippen molar-refractivity contribution in [1.29, 1.82) is 0 Å². The minimum Gasteiger partial charge on any atom is -0.392 e. The van der Waals surface area contributed by atoms with Gasteiger partial charge in [-0.1, -0.05) is 13.8 Å². The fourth-order valence-electron chi connectivity index (χ4n) is 1.28. The van der Waals surface area contributed by atoms with Crippen molar-refractivity contribution in [3.63, 3.8) is 0 Å². The zero-order chi connectivity index (χ0) is 9.84. The van der Waals surface area contributed by atoms with Crippen molar-refractivity contribution in [3.8, 4) is 0 Å². The van der Waals surface area contributed by atoms with Crippen LogP contribution in [0.2, 0.25) is 0 Å². The molecule has 3 nitrogen and oxygen atoms in total. The Hall–Kier alpha value is -0.960. The number of aliphatic hydroxyl groups is 1. The SMILES string of the molecule is CCC(O)C(C)c1ccnc(C)n1. The van der Waals surface area contributed by atoms with E-state index in [1.54, 1.807) is 6.20 Å². The van der Waals surface area contributed by atoms with E-state index in [2.05, 4.69) is 9.97 Å². The van der Waals surface area contributed by atoms with Gasteiger partial charge < -0.3 is 5.11 Å². The van der Waals surface area contributed by atoms with Gasteiger partial charge in [0, 0.05) is 17.8 Å². The molecule has 0 aliphatic rings. The van der Waals surface area contributed by atoms with Gasteiger partial charge in [0.1, 0.15) is 5.82 Å². The third-order valence-electron chi connectivity index (χ3n) is 2.26. The minimum absolute atomic E-state index is 0.0895. The molecule has 0 saturated carbocycles. The molecule has 2 unspecified atom stereocenters. The fourth-order valence-corrected chi connectivity index (χ4v) is 1.28. The van der Waals surface area contributed by atoms with E-state index in [-0.39, 0.29) is 12.0 Å².